The van der Waals surface area contributed by atoms with E-state index in [1.165, 1.54) is 7.11 Å². The van der Waals surface area contributed by atoms with Crippen molar-refractivity contribution in [3.8, 4) is 5.75 Å². The molecule has 6 heteroatoms. The number of rotatable bonds is 2. The van der Waals surface area contributed by atoms with Crippen molar-refractivity contribution >= 4 is 22.6 Å². The number of aromatic nitrogens is 1. The van der Waals surface area contributed by atoms with Gasteiger partial charge in [0.05, 0.1) is 7.11 Å². The maximum Gasteiger partial charge on any atom is 0.280 e. The molecule has 1 aromatic heterocycles. The summed E-state index contributed by atoms with van der Waals surface area (Å²) >= 11 is 1.64. The summed E-state index contributed by atoms with van der Waals surface area (Å²) in [6.07, 6.45) is -2.79. The highest BCUT2D eigenvalue weighted by Gasteiger charge is 2.16. The third kappa shape index (κ3) is 2.23. The minimum atomic E-state index is -2.79. The van der Waals surface area contributed by atoms with Crippen LogP contribution in [0.2, 0.25) is 0 Å². The van der Waals surface area contributed by atoms with Gasteiger partial charge in [-0.25, -0.2) is 13.8 Å². The van der Waals surface area contributed by atoms with Crippen molar-refractivity contribution in [1.29, 1.82) is 0 Å². The monoisotopic (exact) mass is 303 g/mol. The van der Waals surface area contributed by atoms with Crippen molar-refractivity contribution in [2.45, 2.75) is 6.43 Å². The van der Waals surface area contributed by atoms with Gasteiger partial charge in [0, 0.05) is 6.07 Å². The van der Waals surface area contributed by atoms with Crippen LogP contribution in [0.25, 0.3) is 0 Å². The van der Waals surface area contributed by atoms with Gasteiger partial charge in [-0.3, -0.25) is 0 Å². The summed E-state index contributed by atoms with van der Waals surface area (Å²) in [5.41, 5.74) is -0.616. The number of hydrogen-bond acceptors (Lipinski definition) is 2. The van der Waals surface area contributed by atoms with E-state index < -0.39 is 18.1 Å². The second kappa shape index (κ2) is 4.12. The van der Waals surface area contributed by atoms with Gasteiger partial charge in [0.15, 0.2) is 0 Å². The summed E-state index contributed by atoms with van der Waals surface area (Å²) in [5, 5.41) is 0. The summed E-state index contributed by atoms with van der Waals surface area (Å²) in [4.78, 5) is 3.08. The molecule has 0 spiro atoms. The Labute approximate surface area is 86.3 Å². The van der Waals surface area contributed by atoms with E-state index in [0.29, 0.717) is 0 Å². The van der Waals surface area contributed by atoms with Gasteiger partial charge in [0.25, 0.3) is 6.43 Å². The summed E-state index contributed by atoms with van der Waals surface area (Å²) in [7, 11) is 1.28. The van der Waals surface area contributed by atoms with E-state index in [1.54, 1.807) is 22.6 Å². The first-order valence-electron chi connectivity index (χ1n) is 3.24. The molecule has 0 saturated heterocycles. The summed E-state index contributed by atoms with van der Waals surface area (Å²) in [6.45, 7) is 0. The Bertz CT molecular complexity index is 319. The third-order valence-corrected chi connectivity index (χ3v) is 2.32. The largest absolute Gasteiger partial charge is 0.495 e. The predicted octanol–water partition coefficient (Wildman–Crippen LogP) is 2.77. The molecule has 0 unspecified atom stereocenters. The minimum Gasteiger partial charge on any atom is -0.495 e. The second-order valence-corrected chi connectivity index (χ2v) is 3.23. The zero-order valence-corrected chi connectivity index (χ0v) is 8.68. The Morgan fingerprint density at radius 1 is 1.54 bits per heavy atom. The number of hydrogen-bond donors (Lipinski definition) is 0. The molecule has 0 radical (unpaired) electrons. The number of nitrogens with zero attached hydrogens (tertiary/aromatic N) is 1. The topological polar surface area (TPSA) is 22.1 Å². The average molecular weight is 303 g/mol. The Kier molecular flexibility index (Phi) is 3.34. The second-order valence-electron chi connectivity index (χ2n) is 2.15. The van der Waals surface area contributed by atoms with Gasteiger partial charge < -0.3 is 4.74 Å². The zero-order chi connectivity index (χ0) is 10.0. The van der Waals surface area contributed by atoms with E-state index in [-0.39, 0.29) is 9.32 Å². The quantitative estimate of drug-likeness (QED) is 0.619. The number of pyridine rings is 1. The first-order chi connectivity index (χ1) is 6.06. The number of methoxy groups -OCH3 is 1. The average Bonchev–Trinajstić information content (AvgIpc) is 2.09. The Morgan fingerprint density at radius 2 is 2.15 bits per heavy atom. The highest BCUT2D eigenvalue weighted by molar-refractivity contribution is 14.1. The van der Waals surface area contributed by atoms with Gasteiger partial charge in [-0.05, 0) is 22.6 Å². The molecule has 0 bridgehead atoms. The van der Waals surface area contributed by atoms with Crippen LogP contribution in [0.1, 0.15) is 12.1 Å². The van der Waals surface area contributed by atoms with E-state index in [2.05, 4.69) is 4.98 Å². The molecule has 0 aliphatic rings. The lowest BCUT2D eigenvalue weighted by Crippen LogP contribution is -1.99. The van der Waals surface area contributed by atoms with Crippen molar-refractivity contribution in [2.24, 2.45) is 0 Å². The molecule has 0 fully saturated rings. The van der Waals surface area contributed by atoms with Crippen molar-refractivity contribution < 1.29 is 17.9 Å². The van der Waals surface area contributed by atoms with E-state index >= 15 is 0 Å². The maximum absolute atomic E-state index is 12.9. The molecule has 1 rings (SSSR count). The summed E-state index contributed by atoms with van der Waals surface area (Å²) in [6, 6.07) is 1.02. The van der Waals surface area contributed by atoms with Crippen molar-refractivity contribution in [2.75, 3.05) is 7.11 Å². The molecule has 1 aromatic rings. The molecule has 0 atom stereocenters. The molecule has 0 aliphatic carbocycles. The number of ether oxygens (including phenoxy) is 1. The van der Waals surface area contributed by atoms with E-state index in [0.717, 1.165) is 6.07 Å². The van der Waals surface area contributed by atoms with E-state index in [1.807, 2.05) is 0 Å². The van der Waals surface area contributed by atoms with Gasteiger partial charge in [-0.2, -0.15) is 4.39 Å². The van der Waals surface area contributed by atoms with Gasteiger partial charge in [-0.15, -0.1) is 0 Å². The van der Waals surface area contributed by atoms with E-state index in [9.17, 15) is 13.2 Å². The van der Waals surface area contributed by atoms with Gasteiger partial charge >= 0.3 is 0 Å². The molecular formula is C7H5F3INO. The molecular weight excluding hydrogens is 298 g/mol. The van der Waals surface area contributed by atoms with Crippen LogP contribution in [0.3, 0.4) is 0 Å². The van der Waals surface area contributed by atoms with Gasteiger partial charge in [-0.1, -0.05) is 0 Å². The fraction of sp³-hybridized carbons (Fsp3) is 0.286. The van der Waals surface area contributed by atoms with Crippen LogP contribution in [-0.2, 0) is 0 Å². The lowest BCUT2D eigenvalue weighted by atomic mass is 10.3. The number of halogens is 4. The van der Waals surface area contributed by atoms with Gasteiger partial charge in [0.1, 0.15) is 15.0 Å². The molecule has 13 heavy (non-hydrogen) atoms. The lowest BCUT2D eigenvalue weighted by Gasteiger charge is -2.05. The van der Waals surface area contributed by atoms with Gasteiger partial charge in [0.2, 0.25) is 5.95 Å². The van der Waals surface area contributed by atoms with Crippen LogP contribution in [0.15, 0.2) is 6.07 Å². The Morgan fingerprint density at radius 3 is 2.62 bits per heavy atom. The van der Waals surface area contributed by atoms with Crippen molar-refractivity contribution in [3.63, 3.8) is 0 Å². The third-order valence-electron chi connectivity index (χ3n) is 1.35. The summed E-state index contributed by atoms with van der Waals surface area (Å²) in [5.74, 6) is -0.862. The predicted molar refractivity (Wildman–Crippen MR) is 48.4 cm³/mol. The minimum absolute atomic E-state index is 0.0726. The van der Waals surface area contributed by atoms with Crippen LogP contribution >= 0.6 is 22.6 Å². The molecule has 0 amide bonds. The van der Waals surface area contributed by atoms with Crippen LogP contribution < -0.4 is 4.74 Å². The fourth-order valence-electron chi connectivity index (χ4n) is 0.754. The molecule has 72 valence electrons. The Balaban J connectivity index is 3.22. The first-order valence-corrected chi connectivity index (χ1v) is 4.32. The standard InChI is InChI=1S/C7H5F3INO/c1-13-4-2-3(6(8)9)12-7(10)5(4)11/h2,6H,1H3. The van der Waals surface area contributed by atoms with Crippen molar-refractivity contribution in [1.82, 2.24) is 4.98 Å². The van der Waals surface area contributed by atoms with Crippen LogP contribution in [-0.4, -0.2) is 12.1 Å². The lowest BCUT2D eigenvalue weighted by molar-refractivity contribution is 0.144. The highest BCUT2D eigenvalue weighted by Crippen LogP contribution is 2.27. The van der Waals surface area contributed by atoms with Crippen LogP contribution in [0.5, 0.6) is 5.75 Å². The molecule has 0 aliphatic heterocycles. The molecule has 0 aromatic carbocycles. The molecule has 0 N–H and O–H groups in total. The van der Waals surface area contributed by atoms with Crippen molar-refractivity contribution in [3.05, 3.63) is 21.3 Å². The zero-order valence-electron chi connectivity index (χ0n) is 6.52. The fourth-order valence-corrected chi connectivity index (χ4v) is 1.25. The normalized spacial score (nSPS) is 10.6. The Hall–Kier alpha value is -0.530. The molecule has 0 saturated carbocycles. The highest BCUT2D eigenvalue weighted by atomic mass is 127. The van der Waals surface area contributed by atoms with E-state index in [4.69, 9.17) is 4.74 Å². The molecule has 1 heterocycles. The smallest absolute Gasteiger partial charge is 0.280 e. The SMILES string of the molecule is COc1cc(C(F)F)nc(F)c1I. The molecule has 2 nitrogen and oxygen atoms in total. The summed E-state index contributed by atoms with van der Waals surface area (Å²) < 4.78 is 41.9. The first kappa shape index (κ1) is 10.6. The number of alkyl halides is 2. The van der Waals surface area contributed by atoms with Crippen LogP contribution in [0, 0.1) is 9.52 Å². The van der Waals surface area contributed by atoms with Crippen LogP contribution in [0.4, 0.5) is 13.2 Å². The maximum atomic E-state index is 12.9.